The predicted molar refractivity (Wildman–Crippen MR) is 134 cm³/mol. The van der Waals surface area contributed by atoms with Crippen molar-refractivity contribution in [3.8, 4) is 5.75 Å². The van der Waals surface area contributed by atoms with Gasteiger partial charge in [-0.25, -0.2) is 9.79 Å². The van der Waals surface area contributed by atoms with Gasteiger partial charge >= 0.3 is 5.97 Å². The van der Waals surface area contributed by atoms with Crippen LogP contribution >= 0.6 is 11.3 Å². The van der Waals surface area contributed by atoms with Crippen molar-refractivity contribution in [2.75, 3.05) is 32.7 Å². The number of allylic oxidation sites excluding steroid dienone is 1. The maximum atomic E-state index is 13.6. The molecule has 2 heterocycles. The molecule has 0 saturated carbocycles. The minimum atomic E-state index is -0.626. The number of carbonyl (C=O) groups excluding carboxylic acids is 1. The molecule has 1 aromatic heterocycles. The highest BCUT2D eigenvalue weighted by atomic mass is 32.1. The smallest absolute Gasteiger partial charge is 0.338 e. The lowest BCUT2D eigenvalue weighted by atomic mass is 9.95. The molecule has 3 aromatic rings. The van der Waals surface area contributed by atoms with Crippen LogP contribution in [0.1, 0.15) is 31.0 Å². The number of thiazole rings is 1. The van der Waals surface area contributed by atoms with Crippen molar-refractivity contribution < 1.29 is 14.3 Å². The van der Waals surface area contributed by atoms with Gasteiger partial charge < -0.3 is 14.4 Å². The lowest BCUT2D eigenvalue weighted by Gasteiger charge is -2.25. The fraction of sp³-hybridized carbons (Fsp3) is 0.269. The molecule has 0 fully saturated rings. The molecule has 34 heavy (non-hydrogen) atoms. The van der Waals surface area contributed by atoms with Crippen molar-refractivity contribution in [3.63, 3.8) is 0 Å². The summed E-state index contributed by atoms with van der Waals surface area (Å²) >= 11 is 1.30. The fourth-order valence-electron chi connectivity index (χ4n) is 3.94. The number of benzene rings is 2. The number of fused-ring (bicyclic) bond motifs is 1. The zero-order valence-corrected chi connectivity index (χ0v) is 20.7. The molecule has 0 amide bonds. The summed E-state index contributed by atoms with van der Waals surface area (Å²) in [7, 11) is 5.53. The molecule has 2 aromatic carbocycles. The molecule has 1 aliphatic rings. The third-order valence-electron chi connectivity index (χ3n) is 5.63. The third kappa shape index (κ3) is 4.41. The first-order valence-electron chi connectivity index (χ1n) is 10.9. The number of rotatable bonds is 6. The van der Waals surface area contributed by atoms with Gasteiger partial charge in [0.25, 0.3) is 5.56 Å². The molecular formula is C26H27N3O4S. The maximum Gasteiger partial charge on any atom is 0.338 e. The van der Waals surface area contributed by atoms with E-state index in [9.17, 15) is 9.59 Å². The van der Waals surface area contributed by atoms with Crippen molar-refractivity contribution in [3.05, 3.63) is 90.6 Å². The van der Waals surface area contributed by atoms with Gasteiger partial charge in [0.15, 0.2) is 4.80 Å². The lowest BCUT2D eigenvalue weighted by Crippen LogP contribution is -2.39. The lowest BCUT2D eigenvalue weighted by molar-refractivity contribution is -0.139. The molecule has 0 bridgehead atoms. The number of anilines is 1. The van der Waals surface area contributed by atoms with Crippen LogP contribution in [0.3, 0.4) is 0 Å². The van der Waals surface area contributed by atoms with Crippen LogP contribution in [0.25, 0.3) is 6.08 Å². The standard InChI is InChI=1S/C26H27N3O4S/c1-6-33-25(31)22-16(2)27-26-29(23(22)18-10-12-19(13-11-18)28(3)4)24(30)21(34-26)15-17-8-7-9-20(14-17)32-5/h7-15,23H,6H2,1-5H3/t23-/m1/s1. The van der Waals surface area contributed by atoms with Crippen molar-refractivity contribution in [1.29, 1.82) is 0 Å². The second kappa shape index (κ2) is 9.69. The average Bonchev–Trinajstić information content (AvgIpc) is 3.12. The molecule has 0 saturated heterocycles. The molecule has 7 nitrogen and oxygen atoms in total. The van der Waals surface area contributed by atoms with E-state index in [1.165, 1.54) is 11.3 Å². The molecule has 0 N–H and O–H groups in total. The van der Waals surface area contributed by atoms with Crippen LogP contribution in [-0.2, 0) is 9.53 Å². The highest BCUT2D eigenvalue weighted by Crippen LogP contribution is 2.31. The van der Waals surface area contributed by atoms with E-state index < -0.39 is 12.0 Å². The molecular weight excluding hydrogens is 450 g/mol. The number of nitrogens with zero attached hydrogens (tertiary/aromatic N) is 3. The minimum absolute atomic E-state index is 0.206. The number of hydrogen-bond donors (Lipinski definition) is 0. The Hall–Kier alpha value is -3.65. The molecule has 0 unspecified atom stereocenters. The van der Waals surface area contributed by atoms with E-state index in [1.54, 1.807) is 25.5 Å². The Morgan fingerprint density at radius 3 is 2.59 bits per heavy atom. The van der Waals surface area contributed by atoms with Gasteiger partial charge in [-0.2, -0.15) is 0 Å². The molecule has 8 heteroatoms. The number of ether oxygens (including phenoxy) is 2. The highest BCUT2D eigenvalue weighted by molar-refractivity contribution is 7.07. The molecule has 0 spiro atoms. The molecule has 1 aliphatic heterocycles. The van der Waals surface area contributed by atoms with Crippen molar-refractivity contribution in [2.45, 2.75) is 19.9 Å². The summed E-state index contributed by atoms with van der Waals surface area (Å²) in [6, 6.07) is 14.7. The van der Waals surface area contributed by atoms with E-state index in [1.807, 2.05) is 73.6 Å². The second-order valence-electron chi connectivity index (χ2n) is 8.06. The molecule has 0 radical (unpaired) electrons. The van der Waals surface area contributed by atoms with Crippen LogP contribution in [0.15, 0.2) is 69.6 Å². The van der Waals surface area contributed by atoms with Gasteiger partial charge in [0.05, 0.1) is 35.6 Å². The Balaban J connectivity index is 1.92. The number of carbonyl (C=O) groups is 1. The SMILES string of the molecule is CCOC(=O)C1=C(C)N=c2sc(=Cc3cccc(OC)c3)c(=O)n2[C@@H]1c1ccc(N(C)C)cc1. The predicted octanol–water partition coefficient (Wildman–Crippen LogP) is 2.87. The van der Waals surface area contributed by atoms with Gasteiger partial charge in [-0.05, 0) is 55.3 Å². The van der Waals surface area contributed by atoms with E-state index in [0.717, 1.165) is 16.8 Å². The van der Waals surface area contributed by atoms with Crippen LogP contribution in [0.4, 0.5) is 5.69 Å². The summed E-state index contributed by atoms with van der Waals surface area (Å²) < 4.78 is 12.8. The van der Waals surface area contributed by atoms with E-state index in [4.69, 9.17) is 9.47 Å². The van der Waals surface area contributed by atoms with E-state index >= 15 is 0 Å². The van der Waals surface area contributed by atoms with Gasteiger partial charge in [-0.1, -0.05) is 35.6 Å². The molecule has 4 rings (SSSR count). The van der Waals surface area contributed by atoms with Gasteiger partial charge in [-0.15, -0.1) is 0 Å². The van der Waals surface area contributed by atoms with Crippen LogP contribution in [-0.4, -0.2) is 38.3 Å². The number of methoxy groups -OCH3 is 1. The van der Waals surface area contributed by atoms with Crippen molar-refractivity contribution in [1.82, 2.24) is 4.57 Å². The quantitative estimate of drug-likeness (QED) is 0.511. The highest BCUT2D eigenvalue weighted by Gasteiger charge is 2.33. The van der Waals surface area contributed by atoms with Crippen LogP contribution in [0.5, 0.6) is 5.75 Å². The Kier molecular flexibility index (Phi) is 6.70. The van der Waals surface area contributed by atoms with Crippen molar-refractivity contribution >= 4 is 29.1 Å². The summed E-state index contributed by atoms with van der Waals surface area (Å²) in [4.78, 5) is 33.8. The van der Waals surface area contributed by atoms with Crippen LogP contribution < -0.4 is 24.5 Å². The Morgan fingerprint density at radius 1 is 1.21 bits per heavy atom. The Labute approximate surface area is 201 Å². The first-order chi connectivity index (χ1) is 16.3. The summed E-state index contributed by atoms with van der Waals surface area (Å²) in [5.74, 6) is 0.244. The van der Waals surface area contributed by atoms with E-state index in [-0.39, 0.29) is 12.2 Å². The van der Waals surface area contributed by atoms with Gasteiger partial charge in [0, 0.05) is 19.8 Å². The fourth-order valence-corrected chi connectivity index (χ4v) is 4.99. The Bertz CT molecular complexity index is 1430. The molecule has 176 valence electrons. The molecule has 0 aliphatic carbocycles. The number of aromatic nitrogens is 1. The number of esters is 1. The van der Waals surface area contributed by atoms with Crippen LogP contribution in [0, 0.1) is 0 Å². The summed E-state index contributed by atoms with van der Waals surface area (Å²) in [5.41, 5.74) is 3.40. The first-order valence-corrected chi connectivity index (χ1v) is 11.8. The van der Waals surface area contributed by atoms with Gasteiger partial charge in [0.1, 0.15) is 5.75 Å². The van der Waals surface area contributed by atoms with Crippen molar-refractivity contribution in [2.24, 2.45) is 4.99 Å². The monoisotopic (exact) mass is 477 g/mol. The van der Waals surface area contributed by atoms with Gasteiger partial charge in [0.2, 0.25) is 0 Å². The normalized spacial score (nSPS) is 15.6. The van der Waals surface area contributed by atoms with E-state index in [2.05, 4.69) is 4.99 Å². The van der Waals surface area contributed by atoms with Crippen LogP contribution in [0.2, 0.25) is 0 Å². The second-order valence-corrected chi connectivity index (χ2v) is 9.07. The maximum absolute atomic E-state index is 13.6. The topological polar surface area (TPSA) is 73.1 Å². The largest absolute Gasteiger partial charge is 0.497 e. The summed E-state index contributed by atoms with van der Waals surface area (Å²) in [6.07, 6.45) is 1.82. The third-order valence-corrected chi connectivity index (χ3v) is 6.62. The minimum Gasteiger partial charge on any atom is -0.497 e. The average molecular weight is 478 g/mol. The number of hydrogen-bond acceptors (Lipinski definition) is 7. The van der Waals surface area contributed by atoms with E-state index in [0.29, 0.717) is 26.4 Å². The summed E-state index contributed by atoms with van der Waals surface area (Å²) in [6.45, 7) is 3.78. The first kappa shape index (κ1) is 23.5. The zero-order chi connectivity index (χ0) is 24.4. The molecule has 1 atom stereocenters. The van der Waals surface area contributed by atoms with Gasteiger partial charge in [-0.3, -0.25) is 9.36 Å². The Morgan fingerprint density at radius 2 is 1.94 bits per heavy atom. The zero-order valence-electron chi connectivity index (χ0n) is 19.9. The summed E-state index contributed by atoms with van der Waals surface area (Å²) in [5, 5.41) is 0.